The third-order valence-corrected chi connectivity index (χ3v) is 3.95. The van der Waals surface area contributed by atoms with E-state index in [-0.39, 0.29) is 6.42 Å². The fourth-order valence-corrected chi connectivity index (χ4v) is 2.58. The van der Waals surface area contributed by atoms with Crippen LogP contribution in [-0.2, 0) is 11.2 Å². The van der Waals surface area contributed by atoms with Crippen LogP contribution >= 0.6 is 0 Å². The third-order valence-electron chi connectivity index (χ3n) is 3.95. The molecule has 0 aliphatic carbocycles. The number of carboxylic acid groups (broad SMARTS) is 1. The summed E-state index contributed by atoms with van der Waals surface area (Å²) in [6, 6.07) is 26.7. The minimum Gasteiger partial charge on any atom is -0.546 e. The molecule has 0 amide bonds. The van der Waals surface area contributed by atoms with Gasteiger partial charge in [0.15, 0.2) is 0 Å². The van der Waals surface area contributed by atoms with Crippen LogP contribution in [0.4, 0.5) is 0 Å². The molecule has 0 bridgehead atoms. The van der Waals surface area contributed by atoms with E-state index >= 15 is 0 Å². The molecule has 0 aromatic heterocycles. The van der Waals surface area contributed by atoms with Crippen molar-refractivity contribution in [1.29, 1.82) is 0 Å². The van der Waals surface area contributed by atoms with Crippen LogP contribution in [0.5, 0.6) is 5.75 Å². The molecule has 0 saturated carbocycles. The van der Waals surface area contributed by atoms with E-state index in [1.165, 1.54) is 0 Å². The lowest BCUT2D eigenvalue weighted by Gasteiger charge is -2.20. The van der Waals surface area contributed by atoms with Crippen LogP contribution < -0.4 is 9.84 Å². The van der Waals surface area contributed by atoms with Gasteiger partial charge in [0.1, 0.15) is 11.9 Å². The number of benzene rings is 3. The Labute approximate surface area is 153 Å². The number of hydrogen-bond acceptors (Lipinski definition) is 3. The molecule has 3 nitrogen and oxygen atoms in total. The molecule has 0 aliphatic rings. The highest BCUT2D eigenvalue weighted by atomic mass is 16.5. The van der Waals surface area contributed by atoms with Gasteiger partial charge in [0, 0.05) is 6.42 Å². The van der Waals surface area contributed by atoms with E-state index in [1.54, 1.807) is 12.1 Å². The fourth-order valence-electron chi connectivity index (χ4n) is 2.58. The third kappa shape index (κ3) is 5.08. The van der Waals surface area contributed by atoms with Gasteiger partial charge in [-0.25, -0.2) is 0 Å². The minimum absolute atomic E-state index is 0.263. The molecule has 3 rings (SSSR count). The van der Waals surface area contributed by atoms with Crippen molar-refractivity contribution in [3.63, 3.8) is 0 Å². The van der Waals surface area contributed by atoms with Crippen molar-refractivity contribution in [3.05, 3.63) is 102 Å². The summed E-state index contributed by atoms with van der Waals surface area (Å²) in [5.74, 6) is -0.714. The summed E-state index contributed by atoms with van der Waals surface area (Å²) in [7, 11) is 0. The molecule has 1 atom stereocenters. The molecule has 0 N–H and O–H groups in total. The van der Waals surface area contributed by atoms with Gasteiger partial charge in [0.2, 0.25) is 0 Å². The number of carbonyl (C=O) groups excluding carboxylic acids is 1. The second-order valence-electron chi connectivity index (χ2n) is 5.93. The first-order chi connectivity index (χ1) is 12.7. The molecule has 0 saturated heterocycles. The maximum atomic E-state index is 11.4. The Bertz CT molecular complexity index is 853. The Morgan fingerprint density at radius 1 is 0.808 bits per heavy atom. The van der Waals surface area contributed by atoms with Crippen LogP contribution in [-0.4, -0.2) is 12.1 Å². The van der Waals surface area contributed by atoms with Gasteiger partial charge in [-0.15, -0.1) is 0 Å². The first-order valence-corrected chi connectivity index (χ1v) is 8.45. The van der Waals surface area contributed by atoms with Crippen molar-refractivity contribution in [2.75, 3.05) is 0 Å². The molecular formula is C23H19O3-. The summed E-state index contributed by atoms with van der Waals surface area (Å²) in [4.78, 5) is 11.4. The topological polar surface area (TPSA) is 49.4 Å². The average Bonchev–Trinajstić information content (AvgIpc) is 2.68. The van der Waals surface area contributed by atoms with Crippen molar-refractivity contribution in [3.8, 4) is 5.75 Å². The number of carbonyl (C=O) groups is 1. The smallest absolute Gasteiger partial charge is 0.142 e. The lowest BCUT2D eigenvalue weighted by molar-refractivity contribution is -0.313. The highest BCUT2D eigenvalue weighted by molar-refractivity contribution is 5.71. The van der Waals surface area contributed by atoms with Crippen LogP contribution in [0.25, 0.3) is 12.2 Å². The van der Waals surface area contributed by atoms with Crippen molar-refractivity contribution in [1.82, 2.24) is 0 Å². The van der Waals surface area contributed by atoms with E-state index in [0.717, 1.165) is 16.7 Å². The van der Waals surface area contributed by atoms with Gasteiger partial charge >= 0.3 is 0 Å². The lowest BCUT2D eigenvalue weighted by Crippen LogP contribution is -2.41. The molecule has 3 heteroatoms. The maximum Gasteiger partial charge on any atom is 0.142 e. The Kier molecular flexibility index (Phi) is 5.84. The molecule has 130 valence electrons. The number of aliphatic carboxylic acids is 1. The van der Waals surface area contributed by atoms with Gasteiger partial charge in [-0.1, -0.05) is 84.9 Å². The summed E-state index contributed by atoms with van der Waals surface area (Å²) in [5, 5.41) is 11.4. The summed E-state index contributed by atoms with van der Waals surface area (Å²) in [6.45, 7) is 0. The number of hydrogen-bond donors (Lipinski definition) is 0. The standard InChI is InChI=1S/C23H20O3/c24-23(25)22(17-20-9-5-2-6-10-20)26-21-15-13-19(14-16-21)12-11-18-7-3-1-4-8-18/h1-16,22H,17H2,(H,24,25)/p-1/b12-11-. The van der Waals surface area contributed by atoms with E-state index in [2.05, 4.69) is 0 Å². The summed E-state index contributed by atoms with van der Waals surface area (Å²) >= 11 is 0. The van der Waals surface area contributed by atoms with E-state index < -0.39 is 12.1 Å². The molecule has 3 aromatic rings. The minimum atomic E-state index is -1.22. The van der Waals surface area contributed by atoms with Gasteiger partial charge in [-0.2, -0.15) is 0 Å². The van der Waals surface area contributed by atoms with E-state index in [1.807, 2.05) is 84.9 Å². The Morgan fingerprint density at radius 2 is 1.35 bits per heavy atom. The van der Waals surface area contributed by atoms with Crippen molar-refractivity contribution >= 4 is 18.1 Å². The predicted octanol–water partition coefficient (Wildman–Crippen LogP) is 3.60. The van der Waals surface area contributed by atoms with Crippen molar-refractivity contribution in [2.45, 2.75) is 12.5 Å². The van der Waals surface area contributed by atoms with Crippen LogP contribution in [0, 0.1) is 0 Å². The highest BCUT2D eigenvalue weighted by Crippen LogP contribution is 2.17. The van der Waals surface area contributed by atoms with E-state index in [0.29, 0.717) is 5.75 Å². The Hall–Kier alpha value is -3.33. The van der Waals surface area contributed by atoms with E-state index in [9.17, 15) is 9.90 Å². The Morgan fingerprint density at radius 3 is 1.92 bits per heavy atom. The number of carboxylic acids is 1. The van der Waals surface area contributed by atoms with Crippen LogP contribution in [0.1, 0.15) is 16.7 Å². The number of ether oxygens (including phenoxy) is 1. The van der Waals surface area contributed by atoms with Gasteiger partial charge in [0.25, 0.3) is 0 Å². The van der Waals surface area contributed by atoms with Crippen LogP contribution in [0.3, 0.4) is 0 Å². The molecule has 26 heavy (non-hydrogen) atoms. The second-order valence-corrected chi connectivity index (χ2v) is 5.93. The monoisotopic (exact) mass is 343 g/mol. The molecule has 0 aliphatic heterocycles. The van der Waals surface area contributed by atoms with Gasteiger partial charge in [0.05, 0.1) is 5.97 Å². The largest absolute Gasteiger partial charge is 0.546 e. The molecular weight excluding hydrogens is 324 g/mol. The van der Waals surface area contributed by atoms with Crippen molar-refractivity contribution < 1.29 is 14.6 Å². The maximum absolute atomic E-state index is 11.4. The van der Waals surface area contributed by atoms with Crippen molar-refractivity contribution in [2.24, 2.45) is 0 Å². The lowest BCUT2D eigenvalue weighted by atomic mass is 10.1. The molecule has 0 heterocycles. The summed E-state index contributed by atoms with van der Waals surface area (Å²) in [6.07, 6.45) is 3.26. The first kappa shape index (κ1) is 17.5. The van der Waals surface area contributed by atoms with E-state index in [4.69, 9.17) is 4.74 Å². The fraction of sp³-hybridized carbons (Fsp3) is 0.0870. The SMILES string of the molecule is O=C([O-])C(Cc1ccccc1)Oc1ccc(/C=C\c2ccccc2)cc1. The molecule has 0 fully saturated rings. The molecule has 0 spiro atoms. The van der Waals surface area contributed by atoms with Gasteiger partial charge in [-0.05, 0) is 28.8 Å². The quantitative estimate of drug-likeness (QED) is 0.616. The summed E-state index contributed by atoms with van der Waals surface area (Å²) in [5.41, 5.74) is 3.02. The second kappa shape index (κ2) is 8.67. The molecule has 1 unspecified atom stereocenters. The normalized spacial score (nSPS) is 12.0. The first-order valence-electron chi connectivity index (χ1n) is 8.45. The zero-order valence-electron chi connectivity index (χ0n) is 14.2. The predicted molar refractivity (Wildman–Crippen MR) is 101 cm³/mol. The average molecular weight is 343 g/mol. The van der Waals surface area contributed by atoms with Crippen LogP contribution in [0.2, 0.25) is 0 Å². The summed E-state index contributed by atoms with van der Waals surface area (Å²) < 4.78 is 5.61. The zero-order valence-corrected chi connectivity index (χ0v) is 14.2. The molecule has 3 aromatic carbocycles. The zero-order chi connectivity index (χ0) is 18.2. The molecule has 0 radical (unpaired) electrons. The Balaban J connectivity index is 1.65. The van der Waals surface area contributed by atoms with Gasteiger partial charge in [-0.3, -0.25) is 0 Å². The van der Waals surface area contributed by atoms with Gasteiger partial charge < -0.3 is 14.6 Å². The van der Waals surface area contributed by atoms with Crippen LogP contribution in [0.15, 0.2) is 84.9 Å². The number of rotatable bonds is 7. The highest BCUT2D eigenvalue weighted by Gasteiger charge is 2.13.